The summed E-state index contributed by atoms with van der Waals surface area (Å²) in [5.74, 6) is -0.239. The van der Waals surface area contributed by atoms with E-state index >= 15 is 0 Å². The number of rotatable bonds is 66. The van der Waals surface area contributed by atoms with Crippen LogP contribution in [0.15, 0.2) is 109 Å². The van der Waals surface area contributed by atoms with Crippen LogP contribution in [0.3, 0.4) is 0 Å². The topological polar surface area (TPSA) is 228 Å². The molecule has 1 amide bonds. The van der Waals surface area contributed by atoms with Crippen LogP contribution in [0, 0.1) is 0 Å². The number of allylic oxidation sites excluding steroid dienone is 18. The molecule has 0 aliphatic carbocycles. The maximum atomic E-state index is 13.4. The molecule has 98 heavy (non-hydrogen) atoms. The molecule has 0 aromatic heterocycles. The third kappa shape index (κ3) is 49.3. The highest BCUT2D eigenvalue weighted by molar-refractivity contribution is 5.76. The Balaban J connectivity index is 1.64. The first-order valence-corrected chi connectivity index (χ1v) is 40.1. The van der Waals surface area contributed by atoms with Crippen molar-refractivity contribution in [3.8, 4) is 0 Å². The largest absolute Gasteiger partial charge is 0.394 e. The molecule has 2 aliphatic heterocycles. The quantitative estimate of drug-likeness (QED) is 0.0204. The minimum Gasteiger partial charge on any atom is -0.394 e. The maximum absolute atomic E-state index is 13.4. The van der Waals surface area contributed by atoms with Gasteiger partial charge in [0.2, 0.25) is 5.91 Å². The van der Waals surface area contributed by atoms with Crippen molar-refractivity contribution in [2.24, 2.45) is 0 Å². The van der Waals surface area contributed by atoms with E-state index in [9.17, 15) is 45.6 Å². The second kappa shape index (κ2) is 66.9. The molecule has 0 aromatic carbocycles. The van der Waals surface area contributed by atoms with Gasteiger partial charge in [-0.3, -0.25) is 4.79 Å². The summed E-state index contributed by atoms with van der Waals surface area (Å²) >= 11 is 0. The van der Waals surface area contributed by atoms with E-state index < -0.39 is 86.8 Å². The summed E-state index contributed by atoms with van der Waals surface area (Å²) in [5, 5.41) is 87.8. The number of amides is 1. The molecule has 2 aliphatic rings. The van der Waals surface area contributed by atoms with E-state index in [-0.39, 0.29) is 18.9 Å². The first-order valence-electron chi connectivity index (χ1n) is 40.1. The van der Waals surface area contributed by atoms with Crippen LogP contribution in [0.25, 0.3) is 0 Å². The number of aliphatic hydroxyl groups is 8. The zero-order valence-corrected chi connectivity index (χ0v) is 62.0. The molecular weight excluding hydrogens is 1230 g/mol. The van der Waals surface area contributed by atoms with Crippen LogP contribution in [0.1, 0.15) is 322 Å². The van der Waals surface area contributed by atoms with E-state index in [1.807, 2.05) is 0 Å². The second-order valence-corrected chi connectivity index (χ2v) is 27.8. The minimum absolute atomic E-state index is 0.239. The van der Waals surface area contributed by atoms with E-state index in [0.717, 1.165) is 103 Å². The van der Waals surface area contributed by atoms with Crippen molar-refractivity contribution in [1.29, 1.82) is 0 Å². The van der Waals surface area contributed by atoms with Gasteiger partial charge in [0.15, 0.2) is 12.6 Å². The number of nitrogens with one attached hydrogen (secondary N) is 1. The van der Waals surface area contributed by atoms with Crippen molar-refractivity contribution < 1.29 is 64.6 Å². The van der Waals surface area contributed by atoms with Gasteiger partial charge in [0.05, 0.1) is 32.0 Å². The number of ether oxygens (including phenoxy) is 4. The third-order valence-corrected chi connectivity index (χ3v) is 19.0. The lowest BCUT2D eigenvalue weighted by molar-refractivity contribution is -0.359. The summed E-state index contributed by atoms with van der Waals surface area (Å²) in [5.41, 5.74) is 0. The number of carbonyl (C=O) groups excluding carboxylic acids is 1. The number of carbonyl (C=O) groups is 1. The molecule has 14 heteroatoms. The van der Waals surface area contributed by atoms with Crippen LogP contribution in [0.2, 0.25) is 0 Å². The molecule has 14 nitrogen and oxygen atoms in total. The van der Waals surface area contributed by atoms with Gasteiger partial charge in [0.25, 0.3) is 0 Å². The molecule has 0 saturated carbocycles. The van der Waals surface area contributed by atoms with Crippen molar-refractivity contribution in [2.75, 3.05) is 19.8 Å². The summed E-state index contributed by atoms with van der Waals surface area (Å²) in [7, 11) is 0. The van der Waals surface area contributed by atoms with Crippen LogP contribution in [0.4, 0.5) is 0 Å². The lowest BCUT2D eigenvalue weighted by atomic mass is 9.97. The Labute approximate surface area is 597 Å². The van der Waals surface area contributed by atoms with Gasteiger partial charge < -0.3 is 65.1 Å². The van der Waals surface area contributed by atoms with Crippen LogP contribution in [-0.2, 0) is 23.7 Å². The molecule has 2 heterocycles. The molecular formula is C84H147NO13. The lowest BCUT2D eigenvalue weighted by Gasteiger charge is -2.46. The summed E-state index contributed by atoms with van der Waals surface area (Å²) < 4.78 is 23.0. The fourth-order valence-corrected chi connectivity index (χ4v) is 12.7. The van der Waals surface area contributed by atoms with E-state index in [0.29, 0.717) is 12.8 Å². The van der Waals surface area contributed by atoms with Gasteiger partial charge in [-0.25, -0.2) is 0 Å². The van der Waals surface area contributed by atoms with Gasteiger partial charge >= 0.3 is 0 Å². The summed E-state index contributed by atoms with van der Waals surface area (Å²) in [4.78, 5) is 13.4. The molecule has 2 saturated heterocycles. The van der Waals surface area contributed by atoms with E-state index in [4.69, 9.17) is 18.9 Å². The van der Waals surface area contributed by atoms with Crippen LogP contribution < -0.4 is 5.32 Å². The zero-order chi connectivity index (χ0) is 70.8. The molecule has 0 radical (unpaired) electrons. The Morgan fingerprint density at radius 1 is 0.378 bits per heavy atom. The van der Waals surface area contributed by atoms with Crippen molar-refractivity contribution in [2.45, 2.75) is 396 Å². The molecule has 0 spiro atoms. The molecule has 9 N–H and O–H groups in total. The van der Waals surface area contributed by atoms with Crippen molar-refractivity contribution >= 4 is 5.91 Å². The Kier molecular flexibility index (Phi) is 61.9. The van der Waals surface area contributed by atoms with Gasteiger partial charge in [0.1, 0.15) is 48.8 Å². The number of aliphatic hydroxyl groups excluding tert-OH is 8. The minimum atomic E-state index is -1.79. The first kappa shape index (κ1) is 90.7. The standard InChI is InChI=1S/C84H147NO13/c1-3-5-7-9-11-13-15-17-19-21-23-25-27-29-31-33-35-36-38-39-41-43-45-47-49-51-53-55-57-59-61-63-65-67-73(88)72(71-95-83-81(94)79(92)82(75(70-87)97-83)98-84-80(93)78(91)77(90)74(69-86)96-84)85-76(89)68-66-64-62-60-58-56-54-52-50-48-46-44-42-40-37-34-32-30-28-26-24-22-20-18-16-14-12-10-8-6-4-2/h6,8,12,14,18,20,24,26,30,32,37,40,44,46,50,52,56,58,72-75,77-84,86-88,90-94H,3-5,7,9-11,13,15-17,19,21-23,25,27-29,31,33-36,38-39,41-43,45,47-49,51,53-55,57,59-71H2,1-2H3,(H,85,89)/b8-6-,14-12-,20-18-,26-24-,32-30-,40-37-,46-44-,52-50-,58-56-. The molecule has 0 aromatic rings. The Hall–Kier alpha value is -3.35. The lowest BCUT2D eigenvalue weighted by Crippen LogP contribution is -2.65. The first-order chi connectivity index (χ1) is 48.1. The molecule has 2 rings (SSSR count). The fraction of sp³-hybridized carbons (Fsp3) is 0.774. The summed E-state index contributed by atoms with van der Waals surface area (Å²) in [6.45, 7) is 2.76. The Morgan fingerprint density at radius 2 is 0.704 bits per heavy atom. The van der Waals surface area contributed by atoms with Crippen LogP contribution >= 0.6 is 0 Å². The van der Waals surface area contributed by atoms with Crippen molar-refractivity contribution in [3.05, 3.63) is 109 Å². The fourth-order valence-electron chi connectivity index (χ4n) is 12.7. The molecule has 0 bridgehead atoms. The van der Waals surface area contributed by atoms with Gasteiger partial charge in [-0.2, -0.15) is 0 Å². The Morgan fingerprint density at radius 3 is 1.07 bits per heavy atom. The third-order valence-electron chi connectivity index (χ3n) is 19.0. The van der Waals surface area contributed by atoms with Gasteiger partial charge in [-0.15, -0.1) is 0 Å². The normalized spacial score (nSPS) is 22.6. The zero-order valence-electron chi connectivity index (χ0n) is 62.0. The van der Waals surface area contributed by atoms with Gasteiger partial charge in [0, 0.05) is 6.42 Å². The predicted octanol–water partition coefficient (Wildman–Crippen LogP) is 18.2. The van der Waals surface area contributed by atoms with Crippen molar-refractivity contribution in [1.82, 2.24) is 5.32 Å². The van der Waals surface area contributed by atoms with Crippen LogP contribution in [0.5, 0.6) is 0 Å². The van der Waals surface area contributed by atoms with Crippen molar-refractivity contribution in [3.63, 3.8) is 0 Å². The maximum Gasteiger partial charge on any atom is 0.220 e. The second-order valence-electron chi connectivity index (χ2n) is 27.8. The monoisotopic (exact) mass is 1380 g/mol. The highest BCUT2D eigenvalue weighted by Crippen LogP contribution is 2.30. The predicted molar refractivity (Wildman–Crippen MR) is 406 cm³/mol. The van der Waals surface area contributed by atoms with E-state index in [1.54, 1.807) is 0 Å². The number of hydrogen-bond acceptors (Lipinski definition) is 13. The highest BCUT2D eigenvalue weighted by Gasteiger charge is 2.51. The highest BCUT2D eigenvalue weighted by atomic mass is 16.7. The number of hydrogen-bond donors (Lipinski definition) is 9. The molecule has 12 unspecified atom stereocenters. The average molecular weight is 1380 g/mol. The smallest absolute Gasteiger partial charge is 0.220 e. The summed E-state index contributed by atoms with van der Waals surface area (Å²) in [6, 6.07) is -0.858. The van der Waals surface area contributed by atoms with E-state index in [1.165, 1.54) is 186 Å². The molecule has 2 fully saturated rings. The van der Waals surface area contributed by atoms with Gasteiger partial charge in [-0.05, 0) is 83.5 Å². The number of unbranched alkanes of at least 4 members (excludes halogenated alkanes) is 35. The molecule has 12 atom stereocenters. The van der Waals surface area contributed by atoms with Crippen LogP contribution in [-0.4, -0.2) is 140 Å². The Bertz CT molecular complexity index is 2070. The van der Waals surface area contributed by atoms with Gasteiger partial charge in [-0.1, -0.05) is 342 Å². The average Bonchev–Trinajstić information content (AvgIpc) is 0.793. The SMILES string of the molecule is CC/C=C\C/C=C\C/C=C\C/C=C\C/C=C\C/C=C\C/C=C\C/C=C\C/C=C\CCCCCC(=O)NC(COC1OC(CO)C(OC2OC(CO)C(O)C(O)C2O)C(O)C1O)C(O)CCCCCCCCCCCCCCCCCCCCCCCCCCCCCCCCCCC. The molecule has 566 valence electrons. The van der Waals surface area contributed by atoms with E-state index in [2.05, 4.69) is 129 Å². The summed E-state index contributed by atoms with van der Waals surface area (Å²) in [6.07, 6.45) is 79.8.